The van der Waals surface area contributed by atoms with Crippen molar-refractivity contribution in [2.45, 2.75) is 26.2 Å². The zero-order valence-electron chi connectivity index (χ0n) is 14.4. The van der Waals surface area contributed by atoms with E-state index in [0.29, 0.717) is 17.1 Å². The first kappa shape index (κ1) is 16.4. The maximum absolute atomic E-state index is 12.1. The first-order valence-electron chi connectivity index (χ1n) is 8.59. The Morgan fingerprint density at radius 2 is 1.92 bits per heavy atom. The van der Waals surface area contributed by atoms with Crippen molar-refractivity contribution in [1.29, 1.82) is 0 Å². The highest BCUT2D eigenvalue weighted by Gasteiger charge is 2.20. The Labute approximate surface area is 150 Å². The van der Waals surface area contributed by atoms with Gasteiger partial charge in [-0.3, -0.25) is 0 Å². The molecule has 5 heteroatoms. The van der Waals surface area contributed by atoms with E-state index in [1.807, 2.05) is 31.2 Å². The second-order valence-corrected chi connectivity index (χ2v) is 6.44. The third-order valence-electron chi connectivity index (χ3n) is 4.52. The Kier molecular flexibility index (Phi) is 4.21. The summed E-state index contributed by atoms with van der Waals surface area (Å²) in [6.07, 6.45) is 2.60. The van der Waals surface area contributed by atoms with Crippen LogP contribution in [0.2, 0.25) is 0 Å². The van der Waals surface area contributed by atoms with Crippen molar-refractivity contribution in [2.75, 3.05) is 6.61 Å². The van der Waals surface area contributed by atoms with Crippen molar-refractivity contribution in [3.63, 3.8) is 0 Å². The Morgan fingerprint density at radius 1 is 1.08 bits per heavy atom. The van der Waals surface area contributed by atoms with Crippen molar-refractivity contribution in [1.82, 2.24) is 0 Å². The van der Waals surface area contributed by atoms with Crippen LogP contribution in [0.15, 0.2) is 51.7 Å². The molecule has 0 radical (unpaired) electrons. The Balaban J connectivity index is 1.49. The van der Waals surface area contributed by atoms with Crippen LogP contribution in [0.1, 0.15) is 23.1 Å². The predicted octanol–water partition coefficient (Wildman–Crippen LogP) is 3.57. The summed E-state index contributed by atoms with van der Waals surface area (Å²) < 4.78 is 16.1. The molecule has 0 fully saturated rings. The fourth-order valence-electron chi connectivity index (χ4n) is 3.34. The second kappa shape index (κ2) is 6.67. The molecule has 5 nitrogen and oxygen atoms in total. The summed E-state index contributed by atoms with van der Waals surface area (Å²) in [4.78, 5) is 24.1. The number of ether oxygens (including phenoxy) is 2. The minimum absolute atomic E-state index is 0.199. The number of hydrogen-bond acceptors (Lipinski definition) is 5. The van der Waals surface area contributed by atoms with Gasteiger partial charge < -0.3 is 13.9 Å². The van der Waals surface area contributed by atoms with Gasteiger partial charge in [0.2, 0.25) is 0 Å². The number of carbonyl (C=O) groups excluding carboxylic acids is 1. The maximum Gasteiger partial charge on any atom is 0.349 e. The van der Waals surface area contributed by atoms with E-state index in [4.69, 9.17) is 13.9 Å². The van der Waals surface area contributed by atoms with Gasteiger partial charge in [-0.05, 0) is 61.6 Å². The summed E-state index contributed by atoms with van der Waals surface area (Å²) in [5, 5.41) is 0.910. The molecule has 0 aliphatic heterocycles. The smallest absolute Gasteiger partial charge is 0.349 e. The van der Waals surface area contributed by atoms with Crippen LogP contribution in [0, 0.1) is 6.92 Å². The number of aryl methyl sites for hydroxylation is 2. The molecule has 1 aliphatic rings. The quantitative estimate of drug-likeness (QED) is 0.409. The van der Waals surface area contributed by atoms with E-state index in [1.165, 1.54) is 0 Å². The van der Waals surface area contributed by atoms with Crippen LogP contribution in [0.4, 0.5) is 0 Å². The molecule has 2 aromatic carbocycles. The Morgan fingerprint density at radius 3 is 2.77 bits per heavy atom. The molecule has 1 aliphatic carbocycles. The summed E-state index contributed by atoms with van der Waals surface area (Å²) in [6, 6.07) is 12.6. The number of fused-ring (bicyclic) bond motifs is 3. The van der Waals surface area contributed by atoms with E-state index in [-0.39, 0.29) is 12.2 Å². The highest BCUT2D eigenvalue weighted by molar-refractivity contribution is 5.84. The predicted molar refractivity (Wildman–Crippen MR) is 96.8 cm³/mol. The monoisotopic (exact) mass is 350 g/mol. The first-order chi connectivity index (χ1) is 12.6. The molecule has 132 valence electrons. The zero-order valence-corrected chi connectivity index (χ0v) is 14.4. The van der Waals surface area contributed by atoms with E-state index in [0.717, 1.165) is 41.3 Å². The van der Waals surface area contributed by atoms with E-state index in [2.05, 4.69) is 0 Å². The molecule has 0 saturated heterocycles. The van der Waals surface area contributed by atoms with Crippen molar-refractivity contribution in [3.05, 3.63) is 69.6 Å². The topological polar surface area (TPSA) is 65.7 Å². The highest BCUT2D eigenvalue weighted by atomic mass is 16.6. The molecular weight excluding hydrogens is 332 g/mol. The maximum atomic E-state index is 12.1. The second-order valence-electron chi connectivity index (χ2n) is 6.44. The normalized spacial score (nSPS) is 12.8. The lowest BCUT2D eigenvalue weighted by atomic mass is 10.1. The van der Waals surface area contributed by atoms with Gasteiger partial charge in [0.05, 0.1) is 0 Å². The highest BCUT2D eigenvalue weighted by Crippen LogP contribution is 2.29. The Bertz CT molecular complexity index is 1050. The lowest BCUT2D eigenvalue weighted by molar-refractivity contribution is -0.136. The third-order valence-corrected chi connectivity index (χ3v) is 4.52. The van der Waals surface area contributed by atoms with Crippen molar-refractivity contribution >= 4 is 16.9 Å². The molecule has 0 atom stereocenters. The van der Waals surface area contributed by atoms with Gasteiger partial charge >= 0.3 is 11.6 Å². The van der Waals surface area contributed by atoms with Gasteiger partial charge in [0.25, 0.3) is 0 Å². The molecule has 3 aromatic rings. The average Bonchev–Trinajstić information content (AvgIpc) is 3.11. The average molecular weight is 350 g/mol. The number of rotatable bonds is 4. The van der Waals surface area contributed by atoms with Crippen LogP contribution in [-0.2, 0) is 17.6 Å². The molecule has 4 rings (SSSR count). The largest absolute Gasteiger partial charge is 0.482 e. The zero-order chi connectivity index (χ0) is 18.1. The number of esters is 1. The summed E-state index contributed by atoms with van der Waals surface area (Å²) in [5.41, 5.74) is 3.02. The van der Waals surface area contributed by atoms with Crippen LogP contribution >= 0.6 is 0 Å². The van der Waals surface area contributed by atoms with Gasteiger partial charge in [0, 0.05) is 17.0 Å². The van der Waals surface area contributed by atoms with E-state index in [1.54, 1.807) is 18.2 Å². The minimum Gasteiger partial charge on any atom is -0.482 e. The summed E-state index contributed by atoms with van der Waals surface area (Å²) in [6.45, 7) is 1.75. The summed E-state index contributed by atoms with van der Waals surface area (Å²) >= 11 is 0. The molecule has 0 saturated carbocycles. The van der Waals surface area contributed by atoms with Crippen LogP contribution in [0.5, 0.6) is 11.5 Å². The lowest BCUT2D eigenvalue weighted by Crippen LogP contribution is -2.17. The van der Waals surface area contributed by atoms with Crippen LogP contribution < -0.4 is 15.1 Å². The van der Waals surface area contributed by atoms with Gasteiger partial charge in [0.1, 0.15) is 17.1 Å². The lowest BCUT2D eigenvalue weighted by Gasteiger charge is -2.09. The van der Waals surface area contributed by atoms with Crippen LogP contribution in [0.25, 0.3) is 11.0 Å². The number of benzene rings is 2. The van der Waals surface area contributed by atoms with Gasteiger partial charge in [-0.2, -0.15) is 0 Å². The van der Waals surface area contributed by atoms with Crippen LogP contribution in [-0.4, -0.2) is 12.6 Å². The molecule has 0 unspecified atom stereocenters. The number of carbonyl (C=O) groups is 1. The standard InChI is InChI=1S/C21H18O5/c1-13-4-2-5-14(10-13)24-12-20(22)25-15-8-9-17-16-6-3-7-18(16)21(23)26-19(17)11-15/h2,4-5,8-11H,3,6-7,12H2,1H3. The van der Waals surface area contributed by atoms with Gasteiger partial charge in [0.15, 0.2) is 6.61 Å². The molecule has 0 amide bonds. The van der Waals surface area contributed by atoms with Crippen molar-refractivity contribution < 1.29 is 18.7 Å². The van der Waals surface area contributed by atoms with Crippen molar-refractivity contribution in [2.24, 2.45) is 0 Å². The number of hydrogen-bond donors (Lipinski definition) is 0. The molecule has 1 aromatic heterocycles. The molecule has 0 N–H and O–H groups in total. The molecular formula is C21H18O5. The van der Waals surface area contributed by atoms with Gasteiger partial charge in [-0.25, -0.2) is 9.59 Å². The minimum atomic E-state index is -0.519. The third kappa shape index (κ3) is 3.20. The van der Waals surface area contributed by atoms with Gasteiger partial charge in [-0.15, -0.1) is 0 Å². The fraction of sp³-hybridized carbons (Fsp3) is 0.238. The van der Waals surface area contributed by atoms with Gasteiger partial charge in [-0.1, -0.05) is 12.1 Å². The molecule has 26 heavy (non-hydrogen) atoms. The Hall–Kier alpha value is -3.08. The molecule has 1 heterocycles. The fourth-order valence-corrected chi connectivity index (χ4v) is 3.34. The summed E-state index contributed by atoms with van der Waals surface area (Å²) in [7, 11) is 0. The SMILES string of the molecule is Cc1cccc(OCC(=O)Oc2ccc3c4c(c(=O)oc3c2)CCC4)c1. The van der Waals surface area contributed by atoms with E-state index >= 15 is 0 Å². The van der Waals surface area contributed by atoms with Crippen molar-refractivity contribution in [3.8, 4) is 11.5 Å². The van der Waals surface area contributed by atoms with E-state index in [9.17, 15) is 9.59 Å². The molecule has 0 bridgehead atoms. The van der Waals surface area contributed by atoms with Crippen LogP contribution in [0.3, 0.4) is 0 Å². The molecule has 0 spiro atoms. The summed E-state index contributed by atoms with van der Waals surface area (Å²) in [5.74, 6) is 0.424. The first-order valence-corrected chi connectivity index (χ1v) is 8.59. The van der Waals surface area contributed by atoms with E-state index < -0.39 is 5.97 Å².